The summed E-state index contributed by atoms with van der Waals surface area (Å²) in [5, 5.41) is 25.3. The molecular weight excluding hydrogens is 523 g/mol. The van der Waals surface area contributed by atoms with Crippen molar-refractivity contribution in [2.24, 2.45) is 11.1 Å². The summed E-state index contributed by atoms with van der Waals surface area (Å²) in [7, 11) is 0. The predicted molar refractivity (Wildman–Crippen MR) is 143 cm³/mol. The highest BCUT2D eigenvalue weighted by molar-refractivity contribution is 6.30. The largest absolute Gasteiger partial charge is 0.394 e. The average Bonchev–Trinajstić information content (AvgIpc) is 3.08. The molecule has 2 aliphatic rings. The van der Waals surface area contributed by atoms with E-state index in [-0.39, 0.29) is 42.2 Å². The monoisotopic (exact) mass is 559 g/mol. The summed E-state index contributed by atoms with van der Waals surface area (Å²) >= 11 is 12.2. The smallest absolute Gasteiger partial charge is 0.237 e. The van der Waals surface area contributed by atoms with Gasteiger partial charge in [-0.05, 0) is 54.0 Å². The number of halogens is 4. The number of hydrogen-bond donors (Lipinski definition) is 5. The van der Waals surface area contributed by atoms with E-state index >= 15 is 4.39 Å². The molecule has 0 spiro atoms. The number of rotatable bonds is 9. The Bertz CT molecular complexity index is 1050. The van der Waals surface area contributed by atoms with Crippen molar-refractivity contribution in [2.45, 2.75) is 82.3 Å². The molecule has 0 radical (unpaired) electrons. The van der Waals surface area contributed by atoms with Crippen LogP contribution in [0.4, 0.5) is 8.78 Å². The first kappa shape index (κ1) is 30.0. The van der Waals surface area contributed by atoms with Crippen LogP contribution in [0.3, 0.4) is 0 Å². The molecule has 6 nitrogen and oxygen atoms in total. The molecule has 1 saturated heterocycles. The number of aliphatic hydroxyl groups excluding tert-OH is 2. The molecule has 10 heteroatoms. The fourth-order valence-corrected chi connectivity index (χ4v) is 5.67. The maximum absolute atomic E-state index is 15.1. The van der Waals surface area contributed by atoms with E-state index in [2.05, 4.69) is 31.4 Å². The summed E-state index contributed by atoms with van der Waals surface area (Å²) < 4.78 is 29.2. The molecule has 0 bridgehead atoms. The van der Waals surface area contributed by atoms with Gasteiger partial charge in [-0.1, -0.05) is 56.1 Å². The maximum atomic E-state index is 15.1. The van der Waals surface area contributed by atoms with E-state index in [1.807, 2.05) is 0 Å². The van der Waals surface area contributed by atoms with Crippen LogP contribution in [0.1, 0.15) is 57.9 Å². The van der Waals surface area contributed by atoms with Crippen LogP contribution < -0.4 is 16.4 Å². The number of nitrogens with one attached hydrogen (secondary N) is 2. The number of amides is 1. The zero-order valence-corrected chi connectivity index (χ0v) is 22.9. The Morgan fingerprint density at radius 2 is 2.03 bits per heavy atom. The number of benzene rings is 1. The van der Waals surface area contributed by atoms with Crippen LogP contribution in [0.25, 0.3) is 0 Å². The lowest BCUT2D eigenvalue weighted by molar-refractivity contribution is -0.123. The van der Waals surface area contributed by atoms with E-state index in [1.165, 1.54) is 12.1 Å². The third-order valence-corrected chi connectivity index (χ3v) is 7.67. The first-order valence-electron chi connectivity index (χ1n) is 12.5. The molecule has 1 aromatic carbocycles. The van der Waals surface area contributed by atoms with Gasteiger partial charge in [0.25, 0.3) is 0 Å². The molecule has 6 N–H and O–H groups in total. The Morgan fingerprint density at radius 1 is 1.32 bits per heavy atom. The molecule has 6 unspecified atom stereocenters. The molecule has 1 fully saturated rings. The Kier molecular flexibility index (Phi) is 9.81. The van der Waals surface area contributed by atoms with E-state index in [9.17, 15) is 14.3 Å². The SMILES string of the molecule is CC(C)(C)CC1NC(C(=O)NCCC(O)CO)C(c2ccc(F)c(Cl)c2)C1(N)CC1=CC=C(Cl)CC1F. The van der Waals surface area contributed by atoms with Crippen LogP contribution in [-0.4, -0.2) is 59.2 Å². The third-order valence-electron chi connectivity index (χ3n) is 7.10. The van der Waals surface area contributed by atoms with Gasteiger partial charge in [-0.15, -0.1) is 0 Å². The number of carbonyl (C=O) groups is 1. The zero-order chi connectivity index (χ0) is 27.5. The van der Waals surface area contributed by atoms with E-state index in [4.69, 9.17) is 34.0 Å². The molecule has 1 aliphatic carbocycles. The number of aliphatic hydroxyl groups is 2. The summed E-state index contributed by atoms with van der Waals surface area (Å²) in [5.41, 5.74) is 6.96. The molecule has 0 saturated carbocycles. The van der Waals surface area contributed by atoms with Crippen LogP contribution in [-0.2, 0) is 4.79 Å². The lowest BCUT2D eigenvalue weighted by Crippen LogP contribution is -2.55. The molecule has 1 amide bonds. The van der Waals surface area contributed by atoms with Gasteiger partial charge < -0.3 is 26.6 Å². The van der Waals surface area contributed by atoms with Gasteiger partial charge in [0.2, 0.25) is 5.91 Å². The Morgan fingerprint density at radius 3 is 2.62 bits per heavy atom. The van der Waals surface area contributed by atoms with Gasteiger partial charge in [-0.25, -0.2) is 8.78 Å². The normalized spacial score (nSPS) is 29.0. The minimum atomic E-state index is -1.31. The first-order chi connectivity index (χ1) is 17.2. The van der Waals surface area contributed by atoms with E-state index < -0.39 is 48.2 Å². The van der Waals surface area contributed by atoms with Crippen LogP contribution in [0.15, 0.2) is 41.0 Å². The zero-order valence-electron chi connectivity index (χ0n) is 21.4. The summed E-state index contributed by atoms with van der Waals surface area (Å²) in [6.45, 7) is 5.90. The summed E-state index contributed by atoms with van der Waals surface area (Å²) in [5.74, 6) is -1.63. The summed E-state index contributed by atoms with van der Waals surface area (Å²) in [6.07, 6.45) is 2.02. The second kappa shape index (κ2) is 12.1. The lowest BCUT2D eigenvalue weighted by Gasteiger charge is -2.40. The molecule has 1 heterocycles. The van der Waals surface area contributed by atoms with Crippen molar-refractivity contribution in [1.82, 2.24) is 10.6 Å². The first-order valence-corrected chi connectivity index (χ1v) is 13.3. The molecule has 1 aliphatic heterocycles. The fourth-order valence-electron chi connectivity index (χ4n) is 5.28. The van der Waals surface area contributed by atoms with E-state index in [1.54, 1.807) is 18.2 Å². The summed E-state index contributed by atoms with van der Waals surface area (Å²) in [4.78, 5) is 13.5. The number of allylic oxidation sites excluding steroid dienone is 3. The Hall–Kier alpha value is -1.55. The van der Waals surface area contributed by atoms with Gasteiger partial charge in [-0.2, -0.15) is 0 Å². The minimum Gasteiger partial charge on any atom is -0.394 e. The van der Waals surface area contributed by atoms with Crippen molar-refractivity contribution in [3.63, 3.8) is 0 Å². The van der Waals surface area contributed by atoms with Gasteiger partial charge >= 0.3 is 0 Å². The van der Waals surface area contributed by atoms with Gasteiger partial charge in [0.15, 0.2) is 0 Å². The topological polar surface area (TPSA) is 108 Å². The highest BCUT2D eigenvalue weighted by Gasteiger charge is 2.56. The van der Waals surface area contributed by atoms with Crippen LogP contribution in [0, 0.1) is 11.2 Å². The second-order valence-electron chi connectivity index (χ2n) is 11.3. The quantitative estimate of drug-likeness (QED) is 0.313. The highest BCUT2D eigenvalue weighted by Crippen LogP contribution is 2.47. The molecular formula is C27H37Cl2F2N3O3. The Labute approximate surface area is 227 Å². The van der Waals surface area contributed by atoms with Crippen molar-refractivity contribution >= 4 is 29.1 Å². The highest BCUT2D eigenvalue weighted by atomic mass is 35.5. The predicted octanol–water partition coefficient (Wildman–Crippen LogP) is 4.08. The van der Waals surface area contributed by atoms with Gasteiger partial charge in [0.1, 0.15) is 12.0 Å². The molecule has 206 valence electrons. The van der Waals surface area contributed by atoms with Crippen molar-refractivity contribution in [3.05, 3.63) is 57.4 Å². The average molecular weight is 561 g/mol. The number of alkyl halides is 1. The van der Waals surface area contributed by atoms with Crippen molar-refractivity contribution < 1.29 is 23.8 Å². The Balaban J connectivity index is 2.05. The second-order valence-corrected chi connectivity index (χ2v) is 12.2. The van der Waals surface area contributed by atoms with Crippen molar-refractivity contribution in [1.29, 1.82) is 0 Å². The van der Waals surface area contributed by atoms with Crippen molar-refractivity contribution in [3.8, 4) is 0 Å². The molecule has 3 rings (SSSR count). The third kappa shape index (κ3) is 7.31. The summed E-state index contributed by atoms with van der Waals surface area (Å²) in [6, 6.07) is 3.05. The molecule has 6 atom stereocenters. The van der Waals surface area contributed by atoms with Crippen LogP contribution in [0.5, 0.6) is 0 Å². The van der Waals surface area contributed by atoms with Gasteiger partial charge in [0, 0.05) is 35.5 Å². The fraction of sp³-hybridized carbons (Fsp3) is 0.593. The van der Waals surface area contributed by atoms with Crippen LogP contribution >= 0.6 is 23.2 Å². The van der Waals surface area contributed by atoms with Crippen LogP contribution in [0.2, 0.25) is 5.02 Å². The standard InChI is InChI=1S/C27H37Cl2F2N3O3/c1-26(2,3)13-22-27(32,12-16-4-6-17(28)11-21(16)31)23(15-5-7-20(30)19(29)10-15)24(34-22)25(37)33-9-8-18(36)14-35/h4-7,10,18,21-24,34-36H,8-9,11-14,32H2,1-3H3,(H,33,37). The molecule has 0 aromatic heterocycles. The van der Waals surface area contributed by atoms with Gasteiger partial charge in [-0.3, -0.25) is 4.79 Å². The minimum absolute atomic E-state index is 0.0605. The van der Waals surface area contributed by atoms with Crippen molar-refractivity contribution in [2.75, 3.05) is 13.2 Å². The number of nitrogens with two attached hydrogens (primary N) is 1. The van der Waals surface area contributed by atoms with E-state index in [0.29, 0.717) is 22.6 Å². The number of carbonyl (C=O) groups excluding carboxylic acids is 1. The molecule has 37 heavy (non-hydrogen) atoms. The maximum Gasteiger partial charge on any atom is 0.237 e. The van der Waals surface area contributed by atoms with Gasteiger partial charge in [0.05, 0.1) is 23.8 Å². The van der Waals surface area contributed by atoms with E-state index in [0.717, 1.165) is 0 Å². The lowest BCUT2D eigenvalue weighted by atomic mass is 9.68. The molecule has 1 aromatic rings. The number of hydrogen-bond acceptors (Lipinski definition) is 5.